The summed E-state index contributed by atoms with van der Waals surface area (Å²) in [6.07, 6.45) is 6.70. The van der Waals surface area contributed by atoms with E-state index >= 15 is 0 Å². The molecule has 2 heterocycles. The van der Waals surface area contributed by atoms with Gasteiger partial charge in [-0.3, -0.25) is 0 Å². The van der Waals surface area contributed by atoms with Crippen molar-refractivity contribution in [3.05, 3.63) is 0 Å². The average Bonchev–Trinajstić information content (AvgIpc) is 2.04. The fourth-order valence-corrected chi connectivity index (χ4v) is 2.42. The van der Waals surface area contributed by atoms with Gasteiger partial charge >= 0.3 is 0 Å². The summed E-state index contributed by atoms with van der Waals surface area (Å²) in [5.74, 6) is 0. The van der Waals surface area contributed by atoms with Crippen molar-refractivity contribution in [3.8, 4) is 0 Å². The third-order valence-electron chi connectivity index (χ3n) is 3.11. The Morgan fingerprint density at radius 1 is 1.09 bits per heavy atom. The highest BCUT2D eigenvalue weighted by atomic mass is 15.2. The molecule has 0 radical (unpaired) electrons. The van der Waals surface area contributed by atoms with Crippen molar-refractivity contribution < 1.29 is 0 Å². The number of piperidine rings is 2. The maximum Gasteiger partial charge on any atom is 0.0110 e. The minimum Gasteiger partial charge on any atom is -0.328 e. The summed E-state index contributed by atoms with van der Waals surface area (Å²) in [5.41, 5.74) is 5.92. The number of nitrogens with zero attached hydrogens (tertiary/aromatic N) is 1. The Balaban J connectivity index is 1.93. The zero-order chi connectivity index (χ0) is 7.68. The van der Waals surface area contributed by atoms with Crippen molar-refractivity contribution in [3.63, 3.8) is 0 Å². The predicted octanol–water partition coefficient (Wildman–Crippen LogP) is 0.962. The van der Waals surface area contributed by atoms with Crippen LogP contribution in [0.5, 0.6) is 0 Å². The van der Waals surface area contributed by atoms with Crippen molar-refractivity contribution in [2.45, 2.75) is 44.2 Å². The SMILES string of the molecule is N[C@H]1CCN2CCCC[C@@H]2C1. The van der Waals surface area contributed by atoms with E-state index in [9.17, 15) is 0 Å². The van der Waals surface area contributed by atoms with Crippen LogP contribution >= 0.6 is 0 Å². The van der Waals surface area contributed by atoms with Gasteiger partial charge in [-0.25, -0.2) is 0 Å². The van der Waals surface area contributed by atoms with Gasteiger partial charge in [-0.15, -0.1) is 0 Å². The van der Waals surface area contributed by atoms with Gasteiger partial charge < -0.3 is 10.6 Å². The standard InChI is InChI=1S/C9H18N2/c10-8-4-6-11-5-2-1-3-9(11)7-8/h8-9H,1-7,10H2/t8-,9+/m0/s1. The third kappa shape index (κ3) is 1.57. The smallest absolute Gasteiger partial charge is 0.0110 e. The fourth-order valence-electron chi connectivity index (χ4n) is 2.42. The molecular formula is C9H18N2. The number of rotatable bonds is 0. The fraction of sp³-hybridized carbons (Fsp3) is 1.00. The molecule has 0 amide bonds. The van der Waals surface area contributed by atoms with Gasteiger partial charge in [0.05, 0.1) is 0 Å². The average molecular weight is 154 g/mol. The molecular weight excluding hydrogens is 136 g/mol. The molecule has 0 unspecified atom stereocenters. The Bertz CT molecular complexity index is 136. The molecule has 0 spiro atoms. The Morgan fingerprint density at radius 2 is 2.00 bits per heavy atom. The van der Waals surface area contributed by atoms with Crippen LogP contribution in [0, 0.1) is 0 Å². The number of hydrogen-bond acceptors (Lipinski definition) is 2. The Kier molecular flexibility index (Phi) is 2.14. The van der Waals surface area contributed by atoms with Gasteiger partial charge in [-0.05, 0) is 38.8 Å². The topological polar surface area (TPSA) is 29.3 Å². The minimum atomic E-state index is 0.495. The molecule has 2 heteroatoms. The van der Waals surface area contributed by atoms with Gasteiger partial charge in [0, 0.05) is 12.1 Å². The molecule has 2 atom stereocenters. The van der Waals surface area contributed by atoms with Gasteiger partial charge in [0.15, 0.2) is 0 Å². The Labute approximate surface area is 68.7 Å². The van der Waals surface area contributed by atoms with Crippen LogP contribution in [0.4, 0.5) is 0 Å². The van der Waals surface area contributed by atoms with Crippen molar-refractivity contribution in [1.29, 1.82) is 0 Å². The first-order valence-corrected chi connectivity index (χ1v) is 4.86. The van der Waals surface area contributed by atoms with Crippen LogP contribution in [0.15, 0.2) is 0 Å². The van der Waals surface area contributed by atoms with Gasteiger partial charge in [-0.2, -0.15) is 0 Å². The zero-order valence-corrected chi connectivity index (χ0v) is 7.13. The number of nitrogens with two attached hydrogens (primary N) is 1. The highest BCUT2D eigenvalue weighted by molar-refractivity contribution is 4.85. The highest BCUT2D eigenvalue weighted by Crippen LogP contribution is 2.24. The molecule has 11 heavy (non-hydrogen) atoms. The summed E-state index contributed by atoms with van der Waals surface area (Å²) in [6, 6.07) is 1.34. The quantitative estimate of drug-likeness (QED) is 0.563. The van der Waals surface area contributed by atoms with E-state index in [0.717, 1.165) is 6.04 Å². The second kappa shape index (κ2) is 3.11. The molecule has 0 aromatic rings. The van der Waals surface area contributed by atoms with Crippen LogP contribution in [0.3, 0.4) is 0 Å². The van der Waals surface area contributed by atoms with Gasteiger partial charge in [0.25, 0.3) is 0 Å². The molecule has 0 aromatic carbocycles. The maximum atomic E-state index is 5.92. The summed E-state index contributed by atoms with van der Waals surface area (Å²) in [4.78, 5) is 2.63. The van der Waals surface area contributed by atoms with E-state index in [1.54, 1.807) is 0 Å². The van der Waals surface area contributed by atoms with Gasteiger partial charge in [0.2, 0.25) is 0 Å². The predicted molar refractivity (Wildman–Crippen MR) is 46.4 cm³/mol. The number of fused-ring (bicyclic) bond motifs is 1. The molecule has 2 saturated heterocycles. The zero-order valence-electron chi connectivity index (χ0n) is 7.13. The van der Waals surface area contributed by atoms with E-state index < -0.39 is 0 Å². The summed E-state index contributed by atoms with van der Waals surface area (Å²) in [6.45, 7) is 2.59. The Hall–Kier alpha value is -0.0800. The lowest BCUT2D eigenvalue weighted by atomic mass is 9.91. The normalized spacial score (nSPS) is 40.1. The van der Waals surface area contributed by atoms with E-state index in [4.69, 9.17) is 5.73 Å². The molecule has 2 nitrogen and oxygen atoms in total. The van der Waals surface area contributed by atoms with Crippen LogP contribution in [0.1, 0.15) is 32.1 Å². The highest BCUT2D eigenvalue weighted by Gasteiger charge is 2.27. The van der Waals surface area contributed by atoms with Gasteiger partial charge in [-0.1, -0.05) is 6.42 Å². The van der Waals surface area contributed by atoms with Crippen molar-refractivity contribution >= 4 is 0 Å². The van der Waals surface area contributed by atoms with Gasteiger partial charge in [0.1, 0.15) is 0 Å². The monoisotopic (exact) mass is 154 g/mol. The molecule has 0 saturated carbocycles. The Morgan fingerprint density at radius 3 is 2.91 bits per heavy atom. The van der Waals surface area contributed by atoms with E-state index in [0.29, 0.717) is 6.04 Å². The molecule has 2 rings (SSSR count). The molecule has 2 fully saturated rings. The lowest BCUT2D eigenvalue weighted by Crippen LogP contribution is -2.49. The van der Waals surface area contributed by atoms with Crippen molar-refractivity contribution in [2.24, 2.45) is 5.73 Å². The van der Waals surface area contributed by atoms with E-state index in [2.05, 4.69) is 4.90 Å². The van der Waals surface area contributed by atoms with Crippen LogP contribution < -0.4 is 5.73 Å². The lowest BCUT2D eigenvalue weighted by Gasteiger charge is -2.41. The molecule has 64 valence electrons. The third-order valence-corrected chi connectivity index (χ3v) is 3.11. The maximum absolute atomic E-state index is 5.92. The lowest BCUT2D eigenvalue weighted by molar-refractivity contribution is 0.0986. The van der Waals surface area contributed by atoms with E-state index in [-0.39, 0.29) is 0 Å². The largest absolute Gasteiger partial charge is 0.328 e. The van der Waals surface area contributed by atoms with Crippen molar-refractivity contribution in [1.82, 2.24) is 4.90 Å². The first kappa shape index (κ1) is 7.56. The molecule has 2 aliphatic rings. The second-order valence-electron chi connectivity index (χ2n) is 3.97. The minimum absolute atomic E-state index is 0.495. The van der Waals surface area contributed by atoms with Crippen LogP contribution in [-0.2, 0) is 0 Å². The van der Waals surface area contributed by atoms with E-state index in [1.165, 1.54) is 45.2 Å². The molecule has 2 aliphatic heterocycles. The first-order chi connectivity index (χ1) is 5.36. The molecule has 2 N–H and O–H groups in total. The summed E-state index contributed by atoms with van der Waals surface area (Å²) < 4.78 is 0. The summed E-state index contributed by atoms with van der Waals surface area (Å²) >= 11 is 0. The molecule has 0 bridgehead atoms. The van der Waals surface area contributed by atoms with Crippen LogP contribution in [0.2, 0.25) is 0 Å². The molecule has 0 aliphatic carbocycles. The first-order valence-electron chi connectivity index (χ1n) is 4.86. The van der Waals surface area contributed by atoms with Crippen molar-refractivity contribution in [2.75, 3.05) is 13.1 Å². The molecule has 0 aromatic heterocycles. The second-order valence-corrected chi connectivity index (χ2v) is 3.97. The number of hydrogen-bond donors (Lipinski definition) is 1. The summed E-state index contributed by atoms with van der Waals surface area (Å²) in [7, 11) is 0. The van der Waals surface area contributed by atoms with Crippen LogP contribution in [-0.4, -0.2) is 30.1 Å². The van der Waals surface area contributed by atoms with Crippen LogP contribution in [0.25, 0.3) is 0 Å². The summed E-state index contributed by atoms with van der Waals surface area (Å²) in [5, 5.41) is 0. The van der Waals surface area contributed by atoms with E-state index in [1.807, 2.05) is 0 Å².